The predicted octanol–water partition coefficient (Wildman–Crippen LogP) is 2.52. The molecule has 9 nitrogen and oxygen atoms in total. The largest absolute Gasteiger partial charge is 0.433 e. The SMILES string of the molecule is C[C@H]1C(=O)Nc2cnc(NCc3cnn(Cc4ccc(C(F)(F)F)nc4)c3)nc2N1C. The highest BCUT2D eigenvalue weighted by Crippen LogP contribution is 2.29. The molecule has 1 aliphatic heterocycles. The Hall–Kier alpha value is -3.70. The molecule has 0 fully saturated rings. The van der Waals surface area contributed by atoms with E-state index in [2.05, 4.69) is 30.7 Å². The highest BCUT2D eigenvalue weighted by atomic mass is 19.4. The van der Waals surface area contributed by atoms with E-state index in [1.165, 1.54) is 12.3 Å². The van der Waals surface area contributed by atoms with Crippen LogP contribution in [-0.4, -0.2) is 43.7 Å². The van der Waals surface area contributed by atoms with Gasteiger partial charge in [-0.15, -0.1) is 0 Å². The van der Waals surface area contributed by atoms with E-state index < -0.39 is 11.9 Å². The zero-order chi connectivity index (χ0) is 22.2. The molecule has 12 heteroatoms. The minimum absolute atomic E-state index is 0.116. The molecule has 4 heterocycles. The quantitative estimate of drug-likeness (QED) is 0.639. The lowest BCUT2D eigenvalue weighted by Gasteiger charge is -2.31. The minimum atomic E-state index is -4.46. The van der Waals surface area contributed by atoms with Crippen molar-refractivity contribution < 1.29 is 18.0 Å². The zero-order valence-corrected chi connectivity index (χ0v) is 16.7. The second-order valence-corrected chi connectivity index (χ2v) is 7.16. The van der Waals surface area contributed by atoms with E-state index in [9.17, 15) is 18.0 Å². The Labute approximate surface area is 175 Å². The van der Waals surface area contributed by atoms with Gasteiger partial charge in [0.05, 0.1) is 18.9 Å². The number of likely N-dealkylation sites (N-methyl/N-ethyl adjacent to an activating group) is 1. The summed E-state index contributed by atoms with van der Waals surface area (Å²) in [6, 6.07) is 2.00. The van der Waals surface area contributed by atoms with E-state index in [0.717, 1.165) is 11.6 Å². The number of alkyl halides is 3. The maximum atomic E-state index is 12.6. The summed E-state index contributed by atoms with van der Waals surface area (Å²) in [4.78, 5) is 25.8. The fraction of sp³-hybridized carbons (Fsp3) is 0.316. The smallest absolute Gasteiger partial charge is 0.350 e. The van der Waals surface area contributed by atoms with Crippen LogP contribution in [-0.2, 0) is 24.1 Å². The topological polar surface area (TPSA) is 101 Å². The predicted molar refractivity (Wildman–Crippen MR) is 106 cm³/mol. The standard InChI is InChI=1S/C19H19F3N8O/c1-11-17(31)27-14-8-25-18(28-16(14)29(11)2)24-6-13-7-26-30(10-13)9-12-3-4-15(23-5-12)19(20,21)22/h3-5,7-8,10-11H,6,9H2,1-2H3,(H,27,31)(H,24,25,28)/t11-/m0/s1. The summed E-state index contributed by atoms with van der Waals surface area (Å²) in [6.07, 6.45) is 1.71. The van der Waals surface area contributed by atoms with E-state index >= 15 is 0 Å². The molecule has 0 bridgehead atoms. The number of rotatable bonds is 5. The monoisotopic (exact) mass is 432 g/mol. The van der Waals surface area contributed by atoms with Crippen molar-refractivity contribution in [2.75, 3.05) is 22.6 Å². The molecule has 0 unspecified atom stereocenters. The number of nitrogens with one attached hydrogen (secondary N) is 2. The fourth-order valence-corrected chi connectivity index (χ4v) is 3.05. The normalized spacial score (nSPS) is 16.1. The molecule has 0 saturated heterocycles. The summed E-state index contributed by atoms with van der Waals surface area (Å²) >= 11 is 0. The zero-order valence-electron chi connectivity index (χ0n) is 16.7. The molecule has 0 saturated carbocycles. The van der Waals surface area contributed by atoms with Gasteiger partial charge in [-0.25, -0.2) is 4.98 Å². The van der Waals surface area contributed by atoms with Gasteiger partial charge in [-0.05, 0) is 18.6 Å². The molecule has 0 aromatic carbocycles. The van der Waals surface area contributed by atoms with Crippen LogP contribution in [0, 0.1) is 0 Å². The van der Waals surface area contributed by atoms with Gasteiger partial charge in [0.2, 0.25) is 11.9 Å². The molecule has 0 spiro atoms. The van der Waals surface area contributed by atoms with Gasteiger partial charge < -0.3 is 15.5 Å². The number of hydrogen-bond acceptors (Lipinski definition) is 7. The number of aromatic nitrogens is 5. The van der Waals surface area contributed by atoms with Gasteiger partial charge >= 0.3 is 6.18 Å². The molecule has 1 aliphatic rings. The molecule has 0 aliphatic carbocycles. The van der Waals surface area contributed by atoms with Crippen molar-refractivity contribution in [3.8, 4) is 0 Å². The van der Waals surface area contributed by atoms with Gasteiger partial charge in [0.1, 0.15) is 17.4 Å². The Kier molecular flexibility index (Phi) is 5.21. The van der Waals surface area contributed by atoms with Crippen molar-refractivity contribution in [1.82, 2.24) is 24.7 Å². The van der Waals surface area contributed by atoms with Gasteiger partial charge in [-0.3, -0.25) is 14.5 Å². The average molecular weight is 432 g/mol. The Morgan fingerprint density at radius 3 is 2.68 bits per heavy atom. The molecule has 3 aromatic heterocycles. The second-order valence-electron chi connectivity index (χ2n) is 7.16. The number of halogens is 3. The fourth-order valence-electron chi connectivity index (χ4n) is 3.05. The first-order chi connectivity index (χ1) is 14.7. The van der Waals surface area contributed by atoms with Crippen molar-refractivity contribution in [3.63, 3.8) is 0 Å². The summed E-state index contributed by atoms with van der Waals surface area (Å²) in [5.74, 6) is 0.902. The van der Waals surface area contributed by atoms with Crippen LogP contribution >= 0.6 is 0 Å². The van der Waals surface area contributed by atoms with Gasteiger partial charge in [0, 0.05) is 31.5 Å². The number of carbonyl (C=O) groups is 1. The third kappa shape index (κ3) is 4.42. The first-order valence-electron chi connectivity index (χ1n) is 9.39. The van der Waals surface area contributed by atoms with Crippen molar-refractivity contribution in [3.05, 3.63) is 53.7 Å². The van der Waals surface area contributed by atoms with Gasteiger partial charge in [0.15, 0.2) is 5.82 Å². The first kappa shape index (κ1) is 20.6. The summed E-state index contributed by atoms with van der Waals surface area (Å²) in [5.41, 5.74) is 1.07. The number of hydrogen-bond donors (Lipinski definition) is 2. The average Bonchev–Trinajstić information content (AvgIpc) is 3.18. The molecule has 4 rings (SSSR count). The van der Waals surface area contributed by atoms with Crippen molar-refractivity contribution >= 4 is 23.4 Å². The lowest BCUT2D eigenvalue weighted by molar-refractivity contribution is -0.141. The van der Waals surface area contributed by atoms with Gasteiger partial charge in [-0.2, -0.15) is 23.3 Å². The van der Waals surface area contributed by atoms with E-state index in [-0.39, 0.29) is 11.9 Å². The first-order valence-corrected chi connectivity index (χ1v) is 9.39. The summed E-state index contributed by atoms with van der Waals surface area (Å²) in [6.45, 7) is 2.48. The van der Waals surface area contributed by atoms with Gasteiger partial charge in [-0.1, -0.05) is 6.07 Å². The summed E-state index contributed by atoms with van der Waals surface area (Å²) < 4.78 is 39.4. The van der Waals surface area contributed by atoms with Crippen molar-refractivity contribution in [2.45, 2.75) is 32.2 Å². The lowest BCUT2D eigenvalue weighted by atomic mass is 10.2. The van der Waals surface area contributed by atoms with E-state index in [4.69, 9.17) is 0 Å². The third-order valence-electron chi connectivity index (χ3n) is 4.92. The Morgan fingerprint density at radius 1 is 1.16 bits per heavy atom. The molecule has 0 radical (unpaired) electrons. The number of nitrogens with zero attached hydrogens (tertiary/aromatic N) is 6. The molecule has 2 N–H and O–H groups in total. The Morgan fingerprint density at radius 2 is 1.97 bits per heavy atom. The maximum Gasteiger partial charge on any atom is 0.433 e. The molecule has 1 amide bonds. The summed E-state index contributed by atoms with van der Waals surface area (Å²) in [5, 5.41) is 10.1. The number of pyridine rings is 1. The number of carbonyl (C=O) groups excluding carboxylic acids is 1. The van der Waals surface area contributed by atoms with E-state index in [1.807, 2.05) is 0 Å². The number of fused-ring (bicyclic) bond motifs is 1. The van der Waals surface area contributed by atoms with E-state index in [1.54, 1.807) is 42.1 Å². The molecule has 3 aromatic rings. The van der Waals surface area contributed by atoms with Crippen LogP contribution in [0.1, 0.15) is 23.7 Å². The van der Waals surface area contributed by atoms with Crippen molar-refractivity contribution in [1.29, 1.82) is 0 Å². The Balaban J connectivity index is 1.38. The lowest BCUT2D eigenvalue weighted by Crippen LogP contribution is -2.44. The van der Waals surface area contributed by atoms with Crippen LogP contribution in [0.5, 0.6) is 0 Å². The van der Waals surface area contributed by atoms with E-state index in [0.29, 0.717) is 36.1 Å². The molecular formula is C19H19F3N8O. The van der Waals surface area contributed by atoms with Crippen LogP contribution in [0.4, 0.5) is 30.6 Å². The third-order valence-corrected chi connectivity index (χ3v) is 4.92. The van der Waals surface area contributed by atoms with Crippen LogP contribution in [0.15, 0.2) is 36.9 Å². The molecule has 1 atom stereocenters. The number of anilines is 3. The maximum absolute atomic E-state index is 12.6. The van der Waals surface area contributed by atoms with Gasteiger partial charge in [0.25, 0.3) is 0 Å². The highest BCUT2D eigenvalue weighted by molar-refractivity contribution is 6.02. The van der Waals surface area contributed by atoms with Crippen LogP contribution < -0.4 is 15.5 Å². The molecular weight excluding hydrogens is 413 g/mol. The van der Waals surface area contributed by atoms with Crippen LogP contribution in [0.25, 0.3) is 0 Å². The number of amides is 1. The minimum Gasteiger partial charge on any atom is -0.350 e. The molecule has 162 valence electrons. The summed E-state index contributed by atoms with van der Waals surface area (Å²) in [7, 11) is 1.79. The van der Waals surface area contributed by atoms with Crippen LogP contribution in [0.2, 0.25) is 0 Å². The van der Waals surface area contributed by atoms with Crippen molar-refractivity contribution in [2.24, 2.45) is 0 Å². The molecule has 31 heavy (non-hydrogen) atoms. The van der Waals surface area contributed by atoms with Crippen LogP contribution in [0.3, 0.4) is 0 Å². The Bertz CT molecular complexity index is 1100. The highest BCUT2D eigenvalue weighted by Gasteiger charge is 2.32. The second kappa shape index (κ2) is 7.85.